The fourth-order valence-corrected chi connectivity index (χ4v) is 6.99. The van der Waals surface area contributed by atoms with Crippen LogP contribution in [0, 0.1) is 0 Å². The smallest absolute Gasteiger partial charge is 0.255 e. The number of aliphatic imine (C=N–C) groups is 1. The number of sulfonamides is 1. The van der Waals surface area contributed by atoms with Gasteiger partial charge in [0.1, 0.15) is 0 Å². The standard InChI is InChI=1S/C28H39N7O3S/c1-33(2)23-11-13-35(14-12-23)27(36)21-15-20(16-30-17-21)25-6-4-5-19-18-31-28(34(3)26(19)25)32-22-7-9-24(10-8-22)39(29,37)38/h4-6,15-18,22-24,28,32H,7-14H2,1-3H3,(H2,29,37,38). The molecule has 10 nitrogen and oxygen atoms in total. The number of likely N-dealkylation sites (tertiary alicyclic amines) is 1. The summed E-state index contributed by atoms with van der Waals surface area (Å²) in [6.07, 6.45) is 9.57. The summed E-state index contributed by atoms with van der Waals surface area (Å²) in [5.74, 6) is 0.0240. The predicted molar refractivity (Wildman–Crippen MR) is 154 cm³/mol. The molecule has 1 aliphatic carbocycles. The van der Waals surface area contributed by atoms with Crippen molar-refractivity contribution in [2.45, 2.75) is 62.1 Å². The first-order chi connectivity index (χ1) is 18.6. The fraction of sp³-hybridized carbons (Fsp3) is 0.536. The van der Waals surface area contributed by atoms with Crippen LogP contribution in [0.4, 0.5) is 5.69 Å². The molecule has 0 radical (unpaired) electrons. The molecule has 3 heterocycles. The van der Waals surface area contributed by atoms with Gasteiger partial charge in [-0.2, -0.15) is 0 Å². The fourth-order valence-electron chi connectivity index (χ4n) is 6.06. The molecule has 2 aromatic rings. The molecule has 3 aliphatic rings. The van der Waals surface area contributed by atoms with Gasteiger partial charge in [0.25, 0.3) is 5.91 Å². The zero-order valence-corrected chi connectivity index (χ0v) is 23.8. The van der Waals surface area contributed by atoms with Crippen molar-refractivity contribution in [1.29, 1.82) is 0 Å². The van der Waals surface area contributed by atoms with Crippen molar-refractivity contribution in [3.8, 4) is 11.1 Å². The second-order valence-electron chi connectivity index (χ2n) is 11.2. The van der Waals surface area contributed by atoms with Gasteiger partial charge in [0, 0.05) is 67.5 Å². The molecule has 1 aromatic heterocycles. The highest BCUT2D eigenvalue weighted by atomic mass is 32.2. The van der Waals surface area contributed by atoms with Crippen molar-refractivity contribution in [2.75, 3.05) is 39.1 Å². The van der Waals surface area contributed by atoms with E-state index in [1.165, 1.54) is 0 Å². The van der Waals surface area contributed by atoms with Crippen LogP contribution in [-0.4, -0.2) is 93.2 Å². The number of rotatable bonds is 6. The first kappa shape index (κ1) is 27.7. The van der Waals surface area contributed by atoms with Gasteiger partial charge in [-0.05, 0) is 58.7 Å². The molecule has 1 amide bonds. The lowest BCUT2D eigenvalue weighted by atomic mass is 9.94. The average molecular weight is 554 g/mol. The van der Waals surface area contributed by atoms with E-state index in [0.29, 0.717) is 24.4 Å². The maximum absolute atomic E-state index is 13.4. The van der Waals surface area contributed by atoms with E-state index in [0.717, 1.165) is 61.2 Å². The van der Waals surface area contributed by atoms with Crippen LogP contribution in [0.25, 0.3) is 11.1 Å². The Balaban J connectivity index is 1.32. The van der Waals surface area contributed by atoms with Crippen LogP contribution in [0.3, 0.4) is 0 Å². The van der Waals surface area contributed by atoms with Gasteiger partial charge >= 0.3 is 0 Å². The predicted octanol–water partition coefficient (Wildman–Crippen LogP) is 2.26. The summed E-state index contributed by atoms with van der Waals surface area (Å²) in [5.41, 5.74) is 4.48. The molecule has 3 N–H and O–H groups in total. The minimum absolute atomic E-state index is 0.0240. The number of carbonyl (C=O) groups is 1. The van der Waals surface area contributed by atoms with Gasteiger partial charge in [0.05, 0.1) is 16.5 Å². The molecule has 5 rings (SSSR count). The highest BCUT2D eigenvalue weighted by Crippen LogP contribution is 2.36. The van der Waals surface area contributed by atoms with Gasteiger partial charge in [0.15, 0.2) is 6.29 Å². The Morgan fingerprint density at radius 2 is 1.79 bits per heavy atom. The number of fused-ring (bicyclic) bond motifs is 1. The van der Waals surface area contributed by atoms with Crippen LogP contribution >= 0.6 is 0 Å². The third-order valence-corrected chi connectivity index (χ3v) is 9.84. The zero-order valence-electron chi connectivity index (χ0n) is 23.0. The number of nitrogens with two attached hydrogens (primary N) is 1. The number of nitrogens with one attached hydrogen (secondary N) is 1. The van der Waals surface area contributed by atoms with E-state index < -0.39 is 15.3 Å². The van der Waals surface area contributed by atoms with Crippen molar-refractivity contribution in [3.63, 3.8) is 0 Å². The van der Waals surface area contributed by atoms with E-state index >= 15 is 0 Å². The van der Waals surface area contributed by atoms with Gasteiger partial charge in [-0.25, -0.2) is 13.6 Å². The molecule has 1 saturated heterocycles. The molecule has 1 aromatic carbocycles. The van der Waals surface area contributed by atoms with Crippen molar-refractivity contribution in [2.24, 2.45) is 10.1 Å². The normalized spacial score (nSPS) is 24.2. The molecular formula is C28H39N7O3S. The van der Waals surface area contributed by atoms with Crippen LogP contribution in [0.15, 0.2) is 41.7 Å². The summed E-state index contributed by atoms with van der Waals surface area (Å²) in [5, 5.41) is 8.50. The van der Waals surface area contributed by atoms with Crippen LogP contribution in [0.5, 0.6) is 0 Å². The lowest BCUT2D eigenvalue weighted by Crippen LogP contribution is -2.50. The van der Waals surface area contributed by atoms with E-state index in [1.54, 1.807) is 12.4 Å². The van der Waals surface area contributed by atoms with Crippen molar-refractivity contribution in [1.82, 2.24) is 20.1 Å². The number of amides is 1. The number of pyridine rings is 1. The zero-order chi connectivity index (χ0) is 27.7. The number of benzene rings is 1. The second-order valence-corrected chi connectivity index (χ2v) is 13.0. The second kappa shape index (κ2) is 11.3. The van der Waals surface area contributed by atoms with Crippen LogP contribution < -0.4 is 15.4 Å². The van der Waals surface area contributed by atoms with Crippen molar-refractivity contribution >= 4 is 27.8 Å². The van der Waals surface area contributed by atoms with Crippen LogP contribution in [0.2, 0.25) is 0 Å². The molecule has 1 saturated carbocycles. The third-order valence-electron chi connectivity index (χ3n) is 8.44. The number of aromatic nitrogens is 1. The number of hydrogen-bond donors (Lipinski definition) is 2. The highest BCUT2D eigenvalue weighted by Gasteiger charge is 2.32. The maximum Gasteiger partial charge on any atom is 0.255 e. The van der Waals surface area contributed by atoms with Crippen molar-refractivity contribution in [3.05, 3.63) is 47.8 Å². The molecule has 0 spiro atoms. The van der Waals surface area contributed by atoms with E-state index in [1.807, 2.05) is 36.4 Å². The summed E-state index contributed by atoms with van der Waals surface area (Å²) < 4.78 is 23.5. The largest absolute Gasteiger partial charge is 0.340 e. The number of piperidine rings is 1. The number of carbonyl (C=O) groups excluding carboxylic acids is 1. The van der Waals surface area contributed by atoms with Gasteiger partial charge in [-0.1, -0.05) is 18.2 Å². The SMILES string of the molecule is CN(C)C1CCN(C(=O)c2cncc(-c3cccc4c3N(C)C(NC3CCC(S(N)(=O)=O)CC3)N=C4)c2)CC1. The summed E-state index contributed by atoms with van der Waals surface area (Å²) >= 11 is 0. The van der Waals surface area contributed by atoms with Crippen LogP contribution in [-0.2, 0) is 10.0 Å². The van der Waals surface area contributed by atoms with Gasteiger partial charge in [-0.3, -0.25) is 20.1 Å². The number of hydrogen-bond acceptors (Lipinski definition) is 8. The molecule has 11 heteroatoms. The maximum atomic E-state index is 13.4. The van der Waals surface area contributed by atoms with E-state index in [2.05, 4.69) is 40.3 Å². The monoisotopic (exact) mass is 553 g/mol. The molecular weight excluding hydrogens is 514 g/mol. The Hall–Kier alpha value is -2.86. The lowest BCUT2D eigenvalue weighted by molar-refractivity contribution is 0.0663. The minimum atomic E-state index is -3.50. The van der Waals surface area contributed by atoms with E-state index in [4.69, 9.17) is 10.1 Å². The van der Waals surface area contributed by atoms with E-state index in [-0.39, 0.29) is 18.2 Å². The quantitative estimate of drug-likeness (QED) is 0.562. The van der Waals surface area contributed by atoms with E-state index in [9.17, 15) is 13.2 Å². The molecule has 2 fully saturated rings. The molecule has 1 atom stereocenters. The number of anilines is 1. The van der Waals surface area contributed by atoms with Gasteiger partial charge < -0.3 is 14.7 Å². The van der Waals surface area contributed by atoms with Gasteiger partial charge in [0.2, 0.25) is 10.0 Å². The first-order valence-corrected chi connectivity index (χ1v) is 15.3. The Kier molecular flexibility index (Phi) is 8.04. The molecule has 2 aliphatic heterocycles. The molecule has 0 bridgehead atoms. The molecule has 39 heavy (non-hydrogen) atoms. The molecule has 1 unspecified atom stereocenters. The summed E-state index contributed by atoms with van der Waals surface area (Å²) in [6.45, 7) is 1.50. The van der Waals surface area contributed by atoms with Gasteiger partial charge in [-0.15, -0.1) is 0 Å². The number of para-hydroxylation sites is 1. The number of primary sulfonamides is 1. The average Bonchev–Trinajstić information content (AvgIpc) is 2.94. The minimum Gasteiger partial charge on any atom is -0.340 e. The summed E-state index contributed by atoms with van der Waals surface area (Å²) in [4.78, 5) is 28.8. The van der Waals surface area contributed by atoms with Crippen molar-refractivity contribution < 1.29 is 13.2 Å². The molecule has 210 valence electrons. The lowest BCUT2D eigenvalue weighted by Gasteiger charge is -2.37. The topological polar surface area (TPSA) is 124 Å². The third kappa shape index (κ3) is 6.01. The summed E-state index contributed by atoms with van der Waals surface area (Å²) in [6, 6.07) is 8.69. The highest BCUT2D eigenvalue weighted by molar-refractivity contribution is 7.89. The Morgan fingerprint density at radius 3 is 2.46 bits per heavy atom. The van der Waals surface area contributed by atoms with Crippen LogP contribution in [0.1, 0.15) is 54.4 Å². The Bertz CT molecular complexity index is 1330. The number of nitrogens with zero attached hydrogens (tertiary/aromatic N) is 5. The summed E-state index contributed by atoms with van der Waals surface area (Å²) in [7, 11) is 2.70. The first-order valence-electron chi connectivity index (χ1n) is 13.7. The Morgan fingerprint density at radius 1 is 1.08 bits per heavy atom. The Labute approximate surface area is 231 Å².